The number of aromatic nitrogens is 2. The first-order chi connectivity index (χ1) is 6.47. The molecule has 0 aliphatic carbocycles. The molecule has 7 heteroatoms. The van der Waals surface area contributed by atoms with E-state index in [2.05, 4.69) is 9.97 Å². The van der Waals surface area contributed by atoms with Gasteiger partial charge >= 0.3 is 6.18 Å². The van der Waals surface area contributed by atoms with Crippen molar-refractivity contribution in [3.8, 4) is 0 Å². The van der Waals surface area contributed by atoms with Gasteiger partial charge in [0, 0.05) is 18.0 Å². The Morgan fingerprint density at radius 1 is 1.50 bits per heavy atom. The van der Waals surface area contributed by atoms with Gasteiger partial charge in [0.15, 0.2) is 5.16 Å². The van der Waals surface area contributed by atoms with Crippen molar-refractivity contribution in [3.63, 3.8) is 0 Å². The van der Waals surface area contributed by atoms with Crippen molar-refractivity contribution in [2.24, 2.45) is 0 Å². The molecule has 0 radical (unpaired) electrons. The summed E-state index contributed by atoms with van der Waals surface area (Å²) in [6, 6.07) is 1.20. The summed E-state index contributed by atoms with van der Waals surface area (Å²) in [6.07, 6.45) is -3.80. The molecule has 1 rings (SSSR count). The van der Waals surface area contributed by atoms with Gasteiger partial charge in [-0.25, -0.2) is 4.98 Å². The van der Waals surface area contributed by atoms with Gasteiger partial charge in [0.05, 0.1) is 6.42 Å². The number of hydrogen-bond donors (Lipinski definition) is 1. The number of nitrogens with zero attached hydrogens (tertiary/aromatic N) is 1. The van der Waals surface area contributed by atoms with Gasteiger partial charge in [0.1, 0.15) is 0 Å². The number of nitrogens with one attached hydrogen (secondary N) is 1. The number of rotatable bonds is 3. The van der Waals surface area contributed by atoms with Crippen LogP contribution in [0.3, 0.4) is 0 Å². The first kappa shape index (κ1) is 11.1. The van der Waals surface area contributed by atoms with Crippen molar-refractivity contribution in [2.75, 3.05) is 5.75 Å². The van der Waals surface area contributed by atoms with E-state index < -0.39 is 12.6 Å². The van der Waals surface area contributed by atoms with E-state index in [-0.39, 0.29) is 16.5 Å². The molecule has 0 unspecified atom stereocenters. The zero-order valence-electron chi connectivity index (χ0n) is 6.97. The second kappa shape index (κ2) is 4.50. The van der Waals surface area contributed by atoms with Gasteiger partial charge in [0.2, 0.25) is 0 Å². The maximum Gasteiger partial charge on any atom is 0.389 e. The highest BCUT2D eigenvalue weighted by molar-refractivity contribution is 7.99. The Bertz CT molecular complexity index is 349. The largest absolute Gasteiger partial charge is 0.389 e. The Morgan fingerprint density at radius 3 is 2.79 bits per heavy atom. The first-order valence-corrected chi connectivity index (χ1v) is 4.71. The van der Waals surface area contributed by atoms with E-state index in [0.717, 1.165) is 11.8 Å². The number of thioether (sulfide) groups is 1. The molecule has 0 bridgehead atoms. The second-order valence-electron chi connectivity index (χ2n) is 2.45. The van der Waals surface area contributed by atoms with Crippen LogP contribution in [0.5, 0.6) is 0 Å². The quantitative estimate of drug-likeness (QED) is 0.629. The Hall–Kier alpha value is -0.980. The molecule has 1 heterocycles. The van der Waals surface area contributed by atoms with Crippen LogP contribution in [0.4, 0.5) is 13.2 Å². The standard InChI is InChI=1S/C7H7F3N2OS/c8-7(9,10)2-4-14-6-11-3-1-5(13)12-6/h1,3H,2,4H2,(H,11,12,13). The SMILES string of the molecule is O=c1ccnc(SCCC(F)(F)F)[nH]1. The lowest BCUT2D eigenvalue weighted by molar-refractivity contribution is -0.129. The Kier molecular flexibility index (Phi) is 3.56. The smallest absolute Gasteiger partial charge is 0.301 e. The van der Waals surface area contributed by atoms with Crippen LogP contribution in [0.15, 0.2) is 22.2 Å². The van der Waals surface area contributed by atoms with Crippen LogP contribution in [0.1, 0.15) is 6.42 Å². The molecule has 1 aromatic rings. The van der Waals surface area contributed by atoms with Gasteiger partial charge in [-0.3, -0.25) is 4.79 Å². The molecule has 0 fully saturated rings. The van der Waals surface area contributed by atoms with E-state index in [1.54, 1.807) is 0 Å². The lowest BCUT2D eigenvalue weighted by Gasteiger charge is -2.04. The molecule has 0 aliphatic rings. The van der Waals surface area contributed by atoms with E-state index >= 15 is 0 Å². The number of halogens is 3. The molecule has 0 saturated heterocycles. The molecule has 14 heavy (non-hydrogen) atoms. The molecule has 3 nitrogen and oxygen atoms in total. The fraction of sp³-hybridized carbons (Fsp3) is 0.429. The van der Waals surface area contributed by atoms with E-state index in [9.17, 15) is 18.0 Å². The van der Waals surface area contributed by atoms with Crippen molar-refractivity contribution in [1.29, 1.82) is 0 Å². The molecule has 0 aliphatic heterocycles. The van der Waals surface area contributed by atoms with E-state index in [0.29, 0.717) is 0 Å². The summed E-state index contributed by atoms with van der Waals surface area (Å²) in [4.78, 5) is 16.7. The predicted octanol–water partition coefficient (Wildman–Crippen LogP) is 1.81. The number of aromatic amines is 1. The Labute approximate surface area is 81.7 Å². The van der Waals surface area contributed by atoms with Gasteiger partial charge < -0.3 is 4.98 Å². The fourth-order valence-corrected chi connectivity index (χ4v) is 1.52. The summed E-state index contributed by atoms with van der Waals surface area (Å²) in [6.45, 7) is 0. The molecule has 0 atom stereocenters. The van der Waals surface area contributed by atoms with E-state index in [1.165, 1.54) is 12.3 Å². The van der Waals surface area contributed by atoms with Gasteiger partial charge in [-0.05, 0) is 0 Å². The molecule has 0 saturated carbocycles. The number of H-pyrrole nitrogens is 1. The predicted molar refractivity (Wildman–Crippen MR) is 46.3 cm³/mol. The molecule has 0 aromatic carbocycles. The molecule has 0 spiro atoms. The highest BCUT2D eigenvalue weighted by atomic mass is 32.2. The third kappa shape index (κ3) is 4.31. The van der Waals surface area contributed by atoms with Gasteiger partial charge in [-0.15, -0.1) is 0 Å². The minimum Gasteiger partial charge on any atom is -0.301 e. The third-order valence-corrected chi connectivity index (χ3v) is 2.16. The van der Waals surface area contributed by atoms with Crippen LogP contribution >= 0.6 is 11.8 Å². The summed E-state index contributed by atoms with van der Waals surface area (Å²) >= 11 is 0.875. The molecule has 0 amide bonds. The maximum atomic E-state index is 11.7. The lowest BCUT2D eigenvalue weighted by atomic mass is 10.5. The highest BCUT2D eigenvalue weighted by Crippen LogP contribution is 2.23. The first-order valence-electron chi connectivity index (χ1n) is 3.72. The van der Waals surface area contributed by atoms with Crippen molar-refractivity contribution in [2.45, 2.75) is 17.8 Å². The normalized spacial score (nSPS) is 11.6. The summed E-state index contributed by atoms with van der Waals surface area (Å²) in [5.41, 5.74) is -0.366. The van der Waals surface area contributed by atoms with Gasteiger partial charge in [-0.2, -0.15) is 13.2 Å². The van der Waals surface area contributed by atoms with Crippen LogP contribution in [0.25, 0.3) is 0 Å². The summed E-state index contributed by atoms with van der Waals surface area (Å²) in [5.74, 6) is -0.142. The van der Waals surface area contributed by atoms with Gasteiger partial charge in [0.25, 0.3) is 5.56 Å². The van der Waals surface area contributed by atoms with Gasteiger partial charge in [-0.1, -0.05) is 11.8 Å². The highest BCUT2D eigenvalue weighted by Gasteiger charge is 2.26. The average Bonchev–Trinajstić information content (AvgIpc) is 2.01. The van der Waals surface area contributed by atoms with Crippen molar-refractivity contribution in [3.05, 3.63) is 22.6 Å². The van der Waals surface area contributed by atoms with E-state index in [4.69, 9.17) is 0 Å². The lowest BCUT2D eigenvalue weighted by Crippen LogP contribution is -2.09. The van der Waals surface area contributed by atoms with Crippen LogP contribution < -0.4 is 5.56 Å². The average molecular weight is 224 g/mol. The number of alkyl halides is 3. The van der Waals surface area contributed by atoms with Crippen molar-refractivity contribution < 1.29 is 13.2 Å². The minimum absolute atomic E-state index is 0.142. The van der Waals surface area contributed by atoms with Crippen molar-refractivity contribution >= 4 is 11.8 Å². The maximum absolute atomic E-state index is 11.7. The molecule has 1 N–H and O–H groups in total. The van der Waals surface area contributed by atoms with Crippen molar-refractivity contribution in [1.82, 2.24) is 9.97 Å². The molecular formula is C7H7F3N2OS. The molecule has 1 aromatic heterocycles. The van der Waals surface area contributed by atoms with Crippen LogP contribution in [-0.4, -0.2) is 21.9 Å². The third-order valence-electron chi connectivity index (χ3n) is 1.27. The second-order valence-corrected chi connectivity index (χ2v) is 3.54. The molecule has 78 valence electrons. The number of hydrogen-bond acceptors (Lipinski definition) is 3. The topological polar surface area (TPSA) is 45.8 Å². The fourth-order valence-electron chi connectivity index (χ4n) is 0.689. The Balaban J connectivity index is 2.43. The minimum atomic E-state index is -4.16. The van der Waals surface area contributed by atoms with Crippen LogP contribution in [-0.2, 0) is 0 Å². The zero-order chi connectivity index (χ0) is 10.6. The Morgan fingerprint density at radius 2 is 2.21 bits per heavy atom. The summed E-state index contributed by atoms with van der Waals surface area (Å²) in [5, 5.41) is 0.210. The zero-order valence-corrected chi connectivity index (χ0v) is 7.78. The summed E-state index contributed by atoms with van der Waals surface area (Å²) in [7, 11) is 0. The van der Waals surface area contributed by atoms with Crippen LogP contribution in [0, 0.1) is 0 Å². The molecular weight excluding hydrogens is 217 g/mol. The monoisotopic (exact) mass is 224 g/mol. The van der Waals surface area contributed by atoms with Crippen LogP contribution in [0.2, 0.25) is 0 Å². The van der Waals surface area contributed by atoms with E-state index in [1.807, 2.05) is 0 Å². The summed E-state index contributed by atoms with van der Waals surface area (Å²) < 4.78 is 35.2.